The van der Waals surface area contributed by atoms with E-state index in [1.165, 1.54) is 12.8 Å². The van der Waals surface area contributed by atoms with Crippen molar-refractivity contribution in [2.45, 2.75) is 25.0 Å². The molecule has 2 aliphatic rings. The maximum absolute atomic E-state index is 12.2. The van der Waals surface area contributed by atoms with Gasteiger partial charge in [0.2, 0.25) is 5.91 Å². The van der Waals surface area contributed by atoms with Crippen molar-refractivity contribution in [1.82, 2.24) is 9.80 Å². The molecule has 2 saturated heterocycles. The minimum absolute atomic E-state index is 0.0143. The second-order valence-corrected chi connectivity index (χ2v) is 5.87. The zero-order chi connectivity index (χ0) is 14.7. The van der Waals surface area contributed by atoms with E-state index in [1.807, 2.05) is 36.4 Å². The van der Waals surface area contributed by atoms with Gasteiger partial charge in [-0.15, -0.1) is 0 Å². The molecule has 0 saturated carbocycles. The van der Waals surface area contributed by atoms with Crippen LogP contribution in [0.3, 0.4) is 0 Å². The van der Waals surface area contributed by atoms with Gasteiger partial charge >= 0.3 is 0 Å². The number of β-amino-alcohol motifs (C(OH)–C–C–N with tert-alkyl or cyclic N) is 1. The Bertz CT molecular complexity index is 509. The smallest absolute Gasteiger partial charge is 0.246 e. The third kappa shape index (κ3) is 3.34. The van der Waals surface area contributed by atoms with Gasteiger partial charge in [-0.1, -0.05) is 30.3 Å². The molecule has 0 bridgehead atoms. The normalized spacial score (nSPS) is 26.8. The number of carbonyl (C=O) groups is 1. The molecular formula is C17H22N2O2. The standard InChI is InChI=1S/C17H22N2O2/c20-16-13-19(12-15(16)18-10-4-5-11-18)17(21)9-8-14-6-2-1-3-7-14/h1-3,6-9,15-16,20H,4-5,10-13H2/t15-,16-/m1/s1. The fourth-order valence-electron chi connectivity index (χ4n) is 3.22. The van der Waals surface area contributed by atoms with Gasteiger partial charge in [-0.2, -0.15) is 0 Å². The summed E-state index contributed by atoms with van der Waals surface area (Å²) >= 11 is 0. The van der Waals surface area contributed by atoms with Gasteiger partial charge in [-0.3, -0.25) is 9.69 Å². The van der Waals surface area contributed by atoms with E-state index in [9.17, 15) is 9.90 Å². The maximum atomic E-state index is 12.2. The van der Waals surface area contributed by atoms with E-state index in [1.54, 1.807) is 11.0 Å². The molecule has 0 aromatic heterocycles. The van der Waals surface area contributed by atoms with E-state index >= 15 is 0 Å². The van der Waals surface area contributed by atoms with Crippen molar-refractivity contribution >= 4 is 12.0 Å². The van der Waals surface area contributed by atoms with Crippen LogP contribution >= 0.6 is 0 Å². The molecule has 21 heavy (non-hydrogen) atoms. The van der Waals surface area contributed by atoms with Crippen molar-refractivity contribution in [2.24, 2.45) is 0 Å². The first kappa shape index (κ1) is 14.3. The lowest BCUT2D eigenvalue weighted by atomic mass is 10.2. The summed E-state index contributed by atoms with van der Waals surface area (Å²) in [7, 11) is 0. The summed E-state index contributed by atoms with van der Waals surface area (Å²) in [5.74, 6) is -0.0143. The molecule has 3 rings (SSSR count). The highest BCUT2D eigenvalue weighted by molar-refractivity contribution is 5.92. The highest BCUT2D eigenvalue weighted by Crippen LogP contribution is 2.21. The predicted molar refractivity (Wildman–Crippen MR) is 82.7 cm³/mol. The number of nitrogens with zero attached hydrogens (tertiary/aromatic N) is 2. The fraction of sp³-hybridized carbons (Fsp3) is 0.471. The summed E-state index contributed by atoms with van der Waals surface area (Å²) in [5, 5.41) is 10.2. The third-order valence-corrected chi connectivity index (χ3v) is 4.40. The third-order valence-electron chi connectivity index (χ3n) is 4.40. The Balaban J connectivity index is 1.60. The first-order valence-corrected chi connectivity index (χ1v) is 7.68. The van der Waals surface area contributed by atoms with Gasteiger partial charge in [-0.25, -0.2) is 0 Å². The number of amides is 1. The van der Waals surface area contributed by atoms with Crippen molar-refractivity contribution in [1.29, 1.82) is 0 Å². The monoisotopic (exact) mass is 286 g/mol. The Hall–Kier alpha value is -1.65. The molecule has 1 aromatic carbocycles. The molecule has 2 aliphatic heterocycles. The number of aliphatic hydroxyl groups is 1. The van der Waals surface area contributed by atoms with Gasteiger partial charge in [0.05, 0.1) is 12.1 Å². The molecule has 0 unspecified atom stereocenters. The summed E-state index contributed by atoms with van der Waals surface area (Å²) in [6.45, 7) is 3.17. The van der Waals surface area contributed by atoms with E-state index in [0.29, 0.717) is 13.1 Å². The lowest BCUT2D eigenvalue weighted by Crippen LogP contribution is -2.41. The maximum Gasteiger partial charge on any atom is 0.246 e. The molecule has 0 aliphatic carbocycles. The van der Waals surface area contributed by atoms with Crippen LogP contribution in [0.2, 0.25) is 0 Å². The predicted octanol–water partition coefficient (Wildman–Crippen LogP) is 1.37. The average Bonchev–Trinajstić information content (AvgIpc) is 3.15. The summed E-state index contributed by atoms with van der Waals surface area (Å²) in [4.78, 5) is 16.3. The van der Waals surface area contributed by atoms with E-state index in [4.69, 9.17) is 0 Å². The number of benzene rings is 1. The molecule has 4 heteroatoms. The first-order valence-electron chi connectivity index (χ1n) is 7.68. The molecule has 112 valence electrons. The molecule has 4 nitrogen and oxygen atoms in total. The Kier molecular flexibility index (Phi) is 4.36. The highest BCUT2D eigenvalue weighted by Gasteiger charge is 2.37. The van der Waals surface area contributed by atoms with Crippen molar-refractivity contribution in [2.75, 3.05) is 26.2 Å². The van der Waals surface area contributed by atoms with Crippen LogP contribution in [0.1, 0.15) is 18.4 Å². The van der Waals surface area contributed by atoms with Crippen molar-refractivity contribution in [3.8, 4) is 0 Å². The molecule has 0 spiro atoms. The second kappa shape index (κ2) is 6.41. The van der Waals surface area contributed by atoms with Crippen LogP contribution in [0.25, 0.3) is 6.08 Å². The van der Waals surface area contributed by atoms with Crippen molar-refractivity contribution < 1.29 is 9.90 Å². The Morgan fingerprint density at radius 1 is 1.14 bits per heavy atom. The van der Waals surface area contributed by atoms with Gasteiger partial charge in [0.15, 0.2) is 0 Å². The topological polar surface area (TPSA) is 43.8 Å². The quantitative estimate of drug-likeness (QED) is 0.854. The van der Waals surface area contributed by atoms with Crippen LogP contribution in [0.4, 0.5) is 0 Å². The van der Waals surface area contributed by atoms with Crippen molar-refractivity contribution in [3.63, 3.8) is 0 Å². The first-order chi connectivity index (χ1) is 10.2. The number of hydrogen-bond acceptors (Lipinski definition) is 3. The zero-order valence-corrected chi connectivity index (χ0v) is 12.2. The largest absolute Gasteiger partial charge is 0.390 e. The van der Waals surface area contributed by atoms with E-state index < -0.39 is 6.10 Å². The van der Waals surface area contributed by atoms with Crippen LogP contribution in [0.15, 0.2) is 36.4 Å². The summed E-state index contributed by atoms with van der Waals surface area (Å²) < 4.78 is 0. The van der Waals surface area contributed by atoms with E-state index in [-0.39, 0.29) is 11.9 Å². The van der Waals surface area contributed by atoms with E-state index in [0.717, 1.165) is 18.7 Å². The molecule has 1 N–H and O–H groups in total. The lowest BCUT2D eigenvalue weighted by Gasteiger charge is -2.25. The lowest BCUT2D eigenvalue weighted by molar-refractivity contribution is -0.125. The second-order valence-electron chi connectivity index (χ2n) is 5.87. The fourth-order valence-corrected chi connectivity index (χ4v) is 3.22. The minimum Gasteiger partial charge on any atom is -0.390 e. The Morgan fingerprint density at radius 3 is 2.57 bits per heavy atom. The van der Waals surface area contributed by atoms with Crippen LogP contribution in [0.5, 0.6) is 0 Å². The Morgan fingerprint density at radius 2 is 1.86 bits per heavy atom. The van der Waals surface area contributed by atoms with Crippen molar-refractivity contribution in [3.05, 3.63) is 42.0 Å². The average molecular weight is 286 g/mol. The van der Waals surface area contributed by atoms with Crippen LogP contribution in [-0.4, -0.2) is 59.1 Å². The number of likely N-dealkylation sites (tertiary alicyclic amines) is 2. The molecular weight excluding hydrogens is 264 g/mol. The summed E-state index contributed by atoms with van der Waals surface area (Å²) in [5.41, 5.74) is 1.02. The molecule has 2 atom stereocenters. The Labute approximate surface area is 125 Å². The SMILES string of the molecule is O=C(C=Cc1ccccc1)N1C[C@@H](O)[C@H](N2CCCC2)C1. The van der Waals surface area contributed by atoms with Gasteiger partial charge < -0.3 is 10.0 Å². The van der Waals surface area contributed by atoms with Crippen LogP contribution in [0, 0.1) is 0 Å². The van der Waals surface area contributed by atoms with Gasteiger partial charge in [0.1, 0.15) is 0 Å². The van der Waals surface area contributed by atoms with Crippen LogP contribution in [-0.2, 0) is 4.79 Å². The molecule has 2 fully saturated rings. The van der Waals surface area contributed by atoms with Gasteiger partial charge in [0.25, 0.3) is 0 Å². The molecule has 0 radical (unpaired) electrons. The summed E-state index contributed by atoms with van der Waals surface area (Å²) in [6.07, 6.45) is 5.42. The molecule has 1 aromatic rings. The van der Waals surface area contributed by atoms with E-state index in [2.05, 4.69) is 4.90 Å². The molecule has 1 amide bonds. The number of aliphatic hydroxyl groups excluding tert-OH is 1. The zero-order valence-electron chi connectivity index (χ0n) is 12.2. The highest BCUT2D eigenvalue weighted by atomic mass is 16.3. The summed E-state index contributed by atoms with van der Waals surface area (Å²) in [6, 6.07) is 9.91. The minimum atomic E-state index is -0.419. The number of rotatable bonds is 3. The van der Waals surface area contributed by atoms with Gasteiger partial charge in [0, 0.05) is 19.2 Å². The van der Waals surface area contributed by atoms with Gasteiger partial charge in [-0.05, 0) is 37.6 Å². The number of carbonyl (C=O) groups excluding carboxylic acids is 1. The molecule has 2 heterocycles. The van der Waals surface area contributed by atoms with Crippen LogP contribution < -0.4 is 0 Å². The number of hydrogen-bond donors (Lipinski definition) is 1.